The molecule has 0 spiro atoms. The van der Waals surface area contributed by atoms with Crippen LogP contribution in [0.15, 0.2) is 17.1 Å². The Bertz CT molecular complexity index is 608. The average Bonchev–Trinajstić information content (AvgIpc) is 2.80. The number of ether oxygens (including phenoxy) is 1. The van der Waals surface area contributed by atoms with E-state index in [2.05, 4.69) is 4.98 Å². The second kappa shape index (κ2) is 5.96. The van der Waals surface area contributed by atoms with E-state index in [9.17, 15) is 14.7 Å². The van der Waals surface area contributed by atoms with Crippen LogP contribution in [0.4, 0.5) is 10.6 Å². The first-order valence-electron chi connectivity index (χ1n) is 7.20. The molecule has 1 aliphatic heterocycles. The van der Waals surface area contributed by atoms with Crippen molar-refractivity contribution in [3.63, 3.8) is 0 Å². The van der Waals surface area contributed by atoms with Gasteiger partial charge >= 0.3 is 11.8 Å². The molecule has 1 amide bonds. The largest absolute Gasteiger partial charge is 0.444 e. The second-order valence-electron chi connectivity index (χ2n) is 6.32. The highest BCUT2D eigenvalue weighted by molar-refractivity contribution is 5.69. The topological polar surface area (TPSA) is 111 Å². The highest BCUT2D eigenvalue weighted by atomic mass is 16.6. The number of aliphatic hydroxyl groups is 1. The van der Waals surface area contributed by atoms with E-state index in [1.165, 1.54) is 21.7 Å². The Morgan fingerprint density at radius 3 is 2.73 bits per heavy atom. The van der Waals surface area contributed by atoms with Crippen molar-refractivity contribution in [3.8, 4) is 0 Å². The van der Waals surface area contributed by atoms with Gasteiger partial charge in [0.15, 0.2) is 0 Å². The number of anilines is 1. The number of likely N-dealkylation sites (tertiary alicyclic amines) is 1. The van der Waals surface area contributed by atoms with E-state index in [4.69, 9.17) is 10.5 Å². The van der Waals surface area contributed by atoms with Crippen LogP contribution in [0.5, 0.6) is 0 Å². The zero-order valence-electron chi connectivity index (χ0n) is 13.0. The number of hydrogen-bond donors (Lipinski definition) is 2. The van der Waals surface area contributed by atoms with Gasteiger partial charge in [-0.05, 0) is 39.7 Å². The molecule has 0 unspecified atom stereocenters. The third-order valence-electron chi connectivity index (χ3n) is 3.46. The van der Waals surface area contributed by atoms with Gasteiger partial charge in [-0.3, -0.25) is 9.47 Å². The van der Waals surface area contributed by atoms with E-state index >= 15 is 0 Å². The summed E-state index contributed by atoms with van der Waals surface area (Å²) in [5, 5.41) is 9.49. The Kier molecular flexibility index (Phi) is 4.41. The van der Waals surface area contributed by atoms with E-state index in [1.807, 2.05) is 0 Å². The van der Waals surface area contributed by atoms with Crippen LogP contribution in [-0.2, 0) is 4.74 Å². The van der Waals surface area contributed by atoms with Gasteiger partial charge in [-0.25, -0.2) is 9.59 Å². The lowest BCUT2D eigenvalue weighted by molar-refractivity contribution is 0.000631. The normalized spacial score (nSPS) is 21.9. The van der Waals surface area contributed by atoms with Gasteiger partial charge in [0.2, 0.25) is 0 Å². The van der Waals surface area contributed by atoms with Gasteiger partial charge in [0.05, 0.1) is 12.6 Å². The van der Waals surface area contributed by atoms with Crippen molar-refractivity contribution in [1.29, 1.82) is 0 Å². The number of nitrogens with zero attached hydrogens (tertiary/aromatic N) is 3. The van der Waals surface area contributed by atoms with Crippen LogP contribution in [-0.4, -0.2) is 43.9 Å². The van der Waals surface area contributed by atoms with Crippen molar-refractivity contribution < 1.29 is 14.6 Å². The number of aliphatic hydroxyl groups excluding tert-OH is 1. The second-order valence-corrected chi connectivity index (χ2v) is 6.32. The van der Waals surface area contributed by atoms with Crippen molar-refractivity contribution in [2.45, 2.75) is 51.4 Å². The van der Waals surface area contributed by atoms with Crippen LogP contribution >= 0.6 is 0 Å². The fourth-order valence-electron chi connectivity index (χ4n) is 2.55. The minimum absolute atomic E-state index is 0.127. The van der Waals surface area contributed by atoms with Crippen molar-refractivity contribution in [2.24, 2.45) is 0 Å². The molecule has 1 saturated heterocycles. The molecule has 122 valence electrons. The molecule has 8 heteroatoms. The standard InChI is InChI=1S/C14H22N4O4/c1-14(2,3)22-13(21)18-9(8-19)4-5-11(18)17-7-6-10(15)16-12(17)20/h6-7,9,11,19H,4-5,8H2,1-3H3,(H2,15,16,20)/t9-,11+/m0/s1. The lowest BCUT2D eigenvalue weighted by Crippen LogP contribution is -2.46. The Hall–Kier alpha value is -2.09. The molecule has 0 saturated carbocycles. The van der Waals surface area contributed by atoms with E-state index in [1.54, 1.807) is 20.8 Å². The fourth-order valence-corrected chi connectivity index (χ4v) is 2.55. The van der Waals surface area contributed by atoms with Crippen LogP contribution in [0.3, 0.4) is 0 Å². The van der Waals surface area contributed by atoms with Crippen molar-refractivity contribution >= 4 is 11.9 Å². The molecule has 22 heavy (non-hydrogen) atoms. The van der Waals surface area contributed by atoms with Crippen LogP contribution < -0.4 is 11.4 Å². The smallest absolute Gasteiger partial charge is 0.412 e. The zero-order valence-corrected chi connectivity index (χ0v) is 13.0. The number of amides is 1. The summed E-state index contributed by atoms with van der Waals surface area (Å²) in [7, 11) is 0. The van der Waals surface area contributed by atoms with Gasteiger partial charge in [-0.1, -0.05) is 0 Å². The van der Waals surface area contributed by atoms with Crippen LogP contribution in [0.2, 0.25) is 0 Å². The molecule has 0 radical (unpaired) electrons. The summed E-state index contributed by atoms with van der Waals surface area (Å²) >= 11 is 0. The summed E-state index contributed by atoms with van der Waals surface area (Å²) in [5.74, 6) is 0.127. The van der Waals surface area contributed by atoms with Crippen molar-refractivity contribution in [1.82, 2.24) is 14.5 Å². The maximum atomic E-state index is 12.4. The molecule has 2 rings (SSSR count). The third kappa shape index (κ3) is 3.38. The van der Waals surface area contributed by atoms with E-state index in [0.717, 1.165) is 0 Å². The number of aromatic nitrogens is 2. The maximum Gasteiger partial charge on any atom is 0.412 e. The molecular weight excluding hydrogens is 288 g/mol. The summed E-state index contributed by atoms with van der Waals surface area (Å²) in [6, 6.07) is 1.12. The highest BCUT2D eigenvalue weighted by Gasteiger charge is 2.40. The predicted octanol–water partition coefficient (Wildman–Crippen LogP) is 0.716. The molecule has 2 heterocycles. The number of nitrogen functional groups attached to an aromatic ring is 1. The van der Waals surface area contributed by atoms with Gasteiger partial charge in [-0.2, -0.15) is 4.98 Å². The third-order valence-corrected chi connectivity index (χ3v) is 3.46. The van der Waals surface area contributed by atoms with E-state index < -0.39 is 23.5 Å². The first-order valence-corrected chi connectivity index (χ1v) is 7.20. The first kappa shape index (κ1) is 16.3. The van der Waals surface area contributed by atoms with Gasteiger partial charge in [-0.15, -0.1) is 0 Å². The van der Waals surface area contributed by atoms with Gasteiger partial charge < -0.3 is 15.6 Å². The number of carbonyl (C=O) groups excluding carboxylic acids is 1. The Morgan fingerprint density at radius 2 is 2.18 bits per heavy atom. The summed E-state index contributed by atoms with van der Waals surface area (Å²) in [4.78, 5) is 29.5. The molecule has 2 atom stereocenters. The minimum Gasteiger partial charge on any atom is -0.444 e. The first-order chi connectivity index (χ1) is 10.2. The van der Waals surface area contributed by atoms with Crippen molar-refractivity contribution in [3.05, 3.63) is 22.7 Å². The Labute approximate surface area is 128 Å². The molecular formula is C14H22N4O4. The molecule has 0 bridgehead atoms. The summed E-state index contributed by atoms with van der Waals surface area (Å²) in [6.45, 7) is 5.11. The highest BCUT2D eigenvalue weighted by Crippen LogP contribution is 2.32. The molecule has 8 nitrogen and oxygen atoms in total. The fraction of sp³-hybridized carbons (Fsp3) is 0.643. The number of nitrogens with two attached hydrogens (primary N) is 1. The SMILES string of the molecule is CC(C)(C)OC(=O)N1[C@H](CO)CC[C@@H]1n1ccc(N)nc1=O. The zero-order chi connectivity index (χ0) is 16.5. The molecule has 1 aliphatic rings. The monoisotopic (exact) mass is 310 g/mol. The number of carbonyl (C=O) groups is 1. The number of hydrogen-bond acceptors (Lipinski definition) is 6. The van der Waals surface area contributed by atoms with Crippen molar-refractivity contribution in [2.75, 3.05) is 12.3 Å². The van der Waals surface area contributed by atoms with Crippen LogP contribution in [0.1, 0.15) is 39.8 Å². The Balaban J connectivity index is 2.33. The van der Waals surface area contributed by atoms with Gasteiger partial charge in [0.25, 0.3) is 0 Å². The maximum absolute atomic E-state index is 12.4. The minimum atomic E-state index is -0.658. The molecule has 0 aliphatic carbocycles. The molecule has 1 aromatic heterocycles. The summed E-state index contributed by atoms with van der Waals surface area (Å²) < 4.78 is 6.73. The molecule has 1 fully saturated rings. The van der Waals surface area contributed by atoms with E-state index in [0.29, 0.717) is 12.8 Å². The lowest BCUT2D eigenvalue weighted by Gasteiger charge is -2.32. The van der Waals surface area contributed by atoms with Gasteiger partial charge in [0.1, 0.15) is 17.6 Å². The average molecular weight is 310 g/mol. The summed E-state index contributed by atoms with van der Waals surface area (Å²) in [5.41, 5.74) is 4.30. The molecule has 3 N–H and O–H groups in total. The van der Waals surface area contributed by atoms with Crippen LogP contribution in [0.25, 0.3) is 0 Å². The van der Waals surface area contributed by atoms with Crippen LogP contribution in [0, 0.1) is 0 Å². The Morgan fingerprint density at radius 1 is 1.50 bits per heavy atom. The molecule has 1 aromatic rings. The quantitative estimate of drug-likeness (QED) is 0.832. The predicted molar refractivity (Wildman–Crippen MR) is 80.1 cm³/mol. The van der Waals surface area contributed by atoms with Gasteiger partial charge in [0, 0.05) is 6.20 Å². The van der Waals surface area contributed by atoms with E-state index in [-0.39, 0.29) is 18.5 Å². The molecule has 0 aromatic carbocycles. The lowest BCUT2D eigenvalue weighted by atomic mass is 10.2. The summed E-state index contributed by atoms with van der Waals surface area (Å²) in [6.07, 6.45) is 1.53. The number of rotatable bonds is 2.